The standard InChI is InChI=1S/C21H32N4O3/c1-16(2)22-21(27)25-10-8-17(9-11-25)20(26)24-14-12-23(13-15-24)18-6-4-5-7-19(18)28-3/h4-7,16-17H,8-15H2,1-3H3,(H,22,27). The van der Waals surface area contributed by atoms with Crippen LogP contribution in [0.25, 0.3) is 0 Å². The maximum atomic E-state index is 12.9. The first-order chi connectivity index (χ1) is 13.5. The monoisotopic (exact) mass is 388 g/mol. The lowest BCUT2D eigenvalue weighted by atomic mass is 9.95. The highest BCUT2D eigenvalue weighted by Crippen LogP contribution is 2.29. The van der Waals surface area contributed by atoms with Gasteiger partial charge in [-0.25, -0.2) is 4.79 Å². The minimum atomic E-state index is -0.0219. The fourth-order valence-electron chi connectivity index (χ4n) is 3.98. The topological polar surface area (TPSA) is 65.1 Å². The highest BCUT2D eigenvalue weighted by Gasteiger charge is 2.32. The van der Waals surface area contributed by atoms with Crippen LogP contribution in [0.3, 0.4) is 0 Å². The molecule has 2 fully saturated rings. The van der Waals surface area contributed by atoms with Crippen molar-refractivity contribution in [1.82, 2.24) is 15.1 Å². The minimum Gasteiger partial charge on any atom is -0.495 e. The Bertz CT molecular complexity index is 678. The Labute approximate surface area is 167 Å². The number of hydrogen-bond donors (Lipinski definition) is 1. The summed E-state index contributed by atoms with van der Waals surface area (Å²) in [6.07, 6.45) is 1.49. The summed E-state index contributed by atoms with van der Waals surface area (Å²) < 4.78 is 5.46. The van der Waals surface area contributed by atoms with E-state index in [-0.39, 0.29) is 23.9 Å². The van der Waals surface area contributed by atoms with Crippen LogP contribution in [0.15, 0.2) is 24.3 Å². The fourth-order valence-corrected chi connectivity index (χ4v) is 3.98. The normalized spacial score (nSPS) is 18.4. The first-order valence-electron chi connectivity index (χ1n) is 10.2. The van der Waals surface area contributed by atoms with Crippen molar-refractivity contribution in [3.8, 4) is 5.75 Å². The number of hydrogen-bond acceptors (Lipinski definition) is 4. The smallest absolute Gasteiger partial charge is 0.317 e. The number of anilines is 1. The molecule has 0 spiro atoms. The van der Waals surface area contributed by atoms with E-state index in [1.807, 2.05) is 41.8 Å². The minimum absolute atomic E-state index is 0.0219. The van der Waals surface area contributed by atoms with Gasteiger partial charge in [0.2, 0.25) is 5.91 Å². The summed E-state index contributed by atoms with van der Waals surface area (Å²) in [5, 5.41) is 2.93. The molecule has 7 nitrogen and oxygen atoms in total. The average molecular weight is 389 g/mol. The number of amides is 3. The van der Waals surface area contributed by atoms with Crippen molar-refractivity contribution in [3.63, 3.8) is 0 Å². The van der Waals surface area contributed by atoms with Crippen LogP contribution in [0.4, 0.5) is 10.5 Å². The third-order valence-corrected chi connectivity index (χ3v) is 5.56. The molecule has 154 valence electrons. The number of rotatable bonds is 4. The van der Waals surface area contributed by atoms with Gasteiger partial charge in [-0.05, 0) is 38.8 Å². The molecule has 28 heavy (non-hydrogen) atoms. The van der Waals surface area contributed by atoms with Gasteiger partial charge >= 0.3 is 6.03 Å². The van der Waals surface area contributed by atoms with Gasteiger partial charge in [0, 0.05) is 51.2 Å². The maximum Gasteiger partial charge on any atom is 0.317 e. The highest BCUT2D eigenvalue weighted by atomic mass is 16.5. The summed E-state index contributed by atoms with van der Waals surface area (Å²) in [4.78, 5) is 31.1. The molecule has 1 N–H and O–H groups in total. The zero-order valence-corrected chi connectivity index (χ0v) is 17.2. The van der Waals surface area contributed by atoms with Gasteiger partial charge in [0.05, 0.1) is 12.8 Å². The predicted molar refractivity (Wildman–Crippen MR) is 110 cm³/mol. The molecule has 2 saturated heterocycles. The number of carbonyl (C=O) groups is 2. The highest BCUT2D eigenvalue weighted by molar-refractivity contribution is 5.80. The van der Waals surface area contributed by atoms with Crippen molar-refractivity contribution < 1.29 is 14.3 Å². The first kappa shape index (κ1) is 20.3. The summed E-state index contributed by atoms with van der Waals surface area (Å²) in [6.45, 7) is 8.28. The van der Waals surface area contributed by atoms with Crippen LogP contribution in [0.1, 0.15) is 26.7 Å². The van der Waals surface area contributed by atoms with E-state index >= 15 is 0 Å². The number of piperazine rings is 1. The van der Waals surface area contributed by atoms with Gasteiger partial charge in [0.25, 0.3) is 0 Å². The Balaban J connectivity index is 1.49. The molecule has 0 saturated carbocycles. The van der Waals surface area contributed by atoms with Crippen LogP contribution in [0, 0.1) is 5.92 Å². The molecule has 0 aliphatic carbocycles. The second kappa shape index (κ2) is 9.17. The number of nitrogens with zero attached hydrogens (tertiary/aromatic N) is 3. The molecule has 1 aromatic carbocycles. The molecule has 2 heterocycles. The second-order valence-corrected chi connectivity index (χ2v) is 7.85. The van der Waals surface area contributed by atoms with E-state index in [4.69, 9.17) is 4.74 Å². The summed E-state index contributed by atoms with van der Waals surface area (Å²) in [5.74, 6) is 1.14. The van der Waals surface area contributed by atoms with Crippen molar-refractivity contribution in [1.29, 1.82) is 0 Å². The lowest BCUT2D eigenvalue weighted by Gasteiger charge is -2.39. The Morgan fingerprint density at radius 2 is 1.64 bits per heavy atom. The van der Waals surface area contributed by atoms with Crippen molar-refractivity contribution >= 4 is 17.6 Å². The van der Waals surface area contributed by atoms with E-state index < -0.39 is 0 Å². The van der Waals surface area contributed by atoms with E-state index in [0.717, 1.165) is 50.5 Å². The Hall–Kier alpha value is -2.44. The molecule has 2 aliphatic rings. The number of methoxy groups -OCH3 is 1. The molecule has 1 aromatic rings. The van der Waals surface area contributed by atoms with Crippen LogP contribution in [-0.4, -0.2) is 74.2 Å². The second-order valence-electron chi connectivity index (χ2n) is 7.85. The largest absolute Gasteiger partial charge is 0.495 e. The summed E-state index contributed by atoms with van der Waals surface area (Å²) in [5.41, 5.74) is 1.08. The first-order valence-corrected chi connectivity index (χ1v) is 10.2. The van der Waals surface area contributed by atoms with E-state index in [2.05, 4.69) is 16.3 Å². The number of carbonyl (C=O) groups excluding carboxylic acids is 2. The van der Waals surface area contributed by atoms with Gasteiger partial charge < -0.3 is 24.8 Å². The molecule has 0 bridgehead atoms. The van der Waals surface area contributed by atoms with Crippen LogP contribution in [-0.2, 0) is 4.79 Å². The molecule has 7 heteroatoms. The molecule has 3 amide bonds. The molecule has 0 unspecified atom stereocenters. The third kappa shape index (κ3) is 4.69. The van der Waals surface area contributed by atoms with Crippen LogP contribution in [0.2, 0.25) is 0 Å². The number of para-hydroxylation sites is 2. The maximum absolute atomic E-state index is 12.9. The lowest BCUT2D eigenvalue weighted by molar-refractivity contribution is -0.137. The van der Waals surface area contributed by atoms with Crippen molar-refractivity contribution in [2.24, 2.45) is 5.92 Å². The van der Waals surface area contributed by atoms with Gasteiger partial charge in [0.15, 0.2) is 0 Å². The van der Waals surface area contributed by atoms with E-state index in [1.54, 1.807) is 7.11 Å². The van der Waals surface area contributed by atoms with Gasteiger partial charge in [-0.3, -0.25) is 4.79 Å². The van der Waals surface area contributed by atoms with Crippen molar-refractivity contribution in [3.05, 3.63) is 24.3 Å². The molecular weight excluding hydrogens is 356 g/mol. The Morgan fingerprint density at radius 1 is 1.00 bits per heavy atom. The number of urea groups is 1. The molecule has 3 rings (SSSR count). The van der Waals surface area contributed by atoms with Gasteiger partial charge in [0.1, 0.15) is 5.75 Å². The van der Waals surface area contributed by atoms with Crippen molar-refractivity contribution in [2.75, 3.05) is 51.3 Å². The average Bonchev–Trinajstić information content (AvgIpc) is 2.73. The van der Waals surface area contributed by atoms with E-state index in [9.17, 15) is 9.59 Å². The summed E-state index contributed by atoms with van der Waals surface area (Å²) >= 11 is 0. The molecule has 2 aliphatic heterocycles. The Kier molecular flexibility index (Phi) is 6.65. The number of likely N-dealkylation sites (tertiary alicyclic amines) is 1. The van der Waals surface area contributed by atoms with Crippen LogP contribution < -0.4 is 15.0 Å². The molecule has 0 radical (unpaired) electrons. The lowest BCUT2D eigenvalue weighted by Crippen LogP contribution is -2.53. The summed E-state index contributed by atoms with van der Waals surface area (Å²) in [7, 11) is 1.69. The summed E-state index contributed by atoms with van der Waals surface area (Å²) in [6, 6.07) is 8.12. The number of benzene rings is 1. The van der Waals surface area contributed by atoms with E-state index in [0.29, 0.717) is 13.1 Å². The Morgan fingerprint density at radius 3 is 2.25 bits per heavy atom. The van der Waals surface area contributed by atoms with E-state index in [1.165, 1.54) is 0 Å². The number of piperidine rings is 1. The third-order valence-electron chi connectivity index (χ3n) is 5.56. The zero-order valence-electron chi connectivity index (χ0n) is 17.2. The zero-order chi connectivity index (χ0) is 20.1. The molecule has 0 atom stereocenters. The van der Waals surface area contributed by atoms with Crippen LogP contribution in [0.5, 0.6) is 5.75 Å². The molecular formula is C21H32N4O3. The number of nitrogens with one attached hydrogen (secondary N) is 1. The number of ether oxygens (including phenoxy) is 1. The van der Waals surface area contributed by atoms with Crippen LogP contribution >= 0.6 is 0 Å². The quantitative estimate of drug-likeness (QED) is 0.859. The molecule has 0 aromatic heterocycles. The van der Waals surface area contributed by atoms with Gasteiger partial charge in [-0.15, -0.1) is 0 Å². The SMILES string of the molecule is COc1ccccc1N1CCN(C(=O)C2CCN(C(=O)NC(C)C)CC2)CC1. The van der Waals surface area contributed by atoms with Gasteiger partial charge in [-0.2, -0.15) is 0 Å². The van der Waals surface area contributed by atoms with Crippen molar-refractivity contribution in [2.45, 2.75) is 32.7 Å². The van der Waals surface area contributed by atoms with Gasteiger partial charge in [-0.1, -0.05) is 12.1 Å². The predicted octanol–water partition coefficient (Wildman–Crippen LogP) is 2.17. The fraction of sp³-hybridized carbons (Fsp3) is 0.619.